The van der Waals surface area contributed by atoms with Gasteiger partial charge in [0.1, 0.15) is 0 Å². The quantitative estimate of drug-likeness (QED) is 0.485. The number of hydrogen-bond donors (Lipinski definition) is 0. The summed E-state index contributed by atoms with van der Waals surface area (Å²) < 4.78 is 0. The molecule has 8 heavy (non-hydrogen) atoms. The summed E-state index contributed by atoms with van der Waals surface area (Å²) in [6.45, 7) is 4.74. The van der Waals surface area contributed by atoms with Crippen LogP contribution in [0.2, 0.25) is 0 Å². The minimum atomic E-state index is 0.658. The Morgan fingerprint density at radius 1 is 1.12 bits per heavy atom. The smallest absolute Gasteiger partial charge is 0.00624 e. The van der Waals surface area contributed by atoms with Gasteiger partial charge >= 0.3 is 0 Å². The Kier molecular flexibility index (Phi) is 1.86. The van der Waals surface area contributed by atoms with Gasteiger partial charge in [-0.25, -0.2) is 0 Å². The van der Waals surface area contributed by atoms with Gasteiger partial charge in [0.25, 0.3) is 0 Å². The van der Waals surface area contributed by atoms with Gasteiger partial charge in [-0.1, -0.05) is 13.8 Å². The summed E-state index contributed by atoms with van der Waals surface area (Å²) >= 11 is 2.10. The van der Waals surface area contributed by atoms with Gasteiger partial charge in [-0.15, -0.1) is 0 Å². The first-order chi connectivity index (χ1) is 3.71. The van der Waals surface area contributed by atoms with Crippen LogP contribution in [0.25, 0.3) is 0 Å². The molecule has 0 aliphatic carbocycles. The van der Waals surface area contributed by atoms with E-state index in [4.69, 9.17) is 0 Å². The van der Waals surface area contributed by atoms with Crippen molar-refractivity contribution < 1.29 is 0 Å². The van der Waals surface area contributed by atoms with Gasteiger partial charge in [-0.2, -0.15) is 11.8 Å². The molecule has 0 spiro atoms. The van der Waals surface area contributed by atoms with Gasteiger partial charge < -0.3 is 0 Å². The van der Waals surface area contributed by atoms with E-state index in [2.05, 4.69) is 25.6 Å². The summed E-state index contributed by atoms with van der Waals surface area (Å²) in [7, 11) is 0. The van der Waals surface area contributed by atoms with E-state index in [1.165, 1.54) is 24.3 Å². The molecule has 0 amide bonds. The topological polar surface area (TPSA) is 0 Å². The first-order valence-electron chi connectivity index (χ1n) is 3.28. The average Bonchev–Trinajstić information content (AvgIpc) is 1.65. The second-order valence-electron chi connectivity index (χ2n) is 3.28. The van der Waals surface area contributed by atoms with Crippen molar-refractivity contribution in [3.8, 4) is 0 Å². The predicted octanol–water partition coefficient (Wildman–Crippen LogP) is 2.54. The Labute approximate surface area is 56.0 Å². The molecule has 1 saturated heterocycles. The predicted molar refractivity (Wildman–Crippen MR) is 40.3 cm³/mol. The molecule has 1 heterocycles. The molecule has 0 saturated carbocycles. The third kappa shape index (κ3) is 1.70. The zero-order valence-electron chi connectivity index (χ0n) is 5.74. The zero-order chi connectivity index (χ0) is 6.04. The van der Waals surface area contributed by atoms with Crippen molar-refractivity contribution in [2.24, 2.45) is 5.41 Å². The lowest BCUT2D eigenvalue weighted by molar-refractivity contribution is 0.336. The third-order valence-electron chi connectivity index (χ3n) is 1.85. The van der Waals surface area contributed by atoms with Crippen molar-refractivity contribution in [2.75, 3.05) is 11.5 Å². The molecule has 1 aliphatic rings. The van der Waals surface area contributed by atoms with Gasteiger partial charge in [0.15, 0.2) is 0 Å². The molecular formula is C7H14S. The van der Waals surface area contributed by atoms with Crippen LogP contribution >= 0.6 is 11.8 Å². The Bertz CT molecular complexity index is 68.5. The average molecular weight is 130 g/mol. The first kappa shape index (κ1) is 6.47. The van der Waals surface area contributed by atoms with Crippen LogP contribution in [-0.2, 0) is 0 Å². The third-order valence-corrected chi connectivity index (χ3v) is 2.83. The number of hydrogen-bond acceptors (Lipinski definition) is 1. The molecule has 0 nitrogen and oxygen atoms in total. The molecule has 0 radical (unpaired) electrons. The van der Waals surface area contributed by atoms with Crippen LogP contribution < -0.4 is 0 Å². The molecule has 48 valence electrons. The Morgan fingerprint density at radius 2 is 1.62 bits per heavy atom. The summed E-state index contributed by atoms with van der Waals surface area (Å²) in [4.78, 5) is 0. The van der Waals surface area contributed by atoms with Gasteiger partial charge in [-0.05, 0) is 29.8 Å². The van der Waals surface area contributed by atoms with Crippen LogP contribution in [0, 0.1) is 5.41 Å². The summed E-state index contributed by atoms with van der Waals surface area (Å²) in [6.07, 6.45) is 2.83. The number of thioether (sulfide) groups is 1. The van der Waals surface area contributed by atoms with Crippen molar-refractivity contribution in [1.82, 2.24) is 0 Å². The van der Waals surface area contributed by atoms with E-state index in [-0.39, 0.29) is 0 Å². The lowest BCUT2D eigenvalue weighted by Gasteiger charge is -2.28. The highest BCUT2D eigenvalue weighted by Crippen LogP contribution is 2.33. The van der Waals surface area contributed by atoms with E-state index in [1.54, 1.807) is 0 Å². The maximum absolute atomic E-state index is 2.37. The second-order valence-corrected chi connectivity index (χ2v) is 4.50. The van der Waals surface area contributed by atoms with Crippen LogP contribution in [0.5, 0.6) is 0 Å². The molecule has 1 heteroatoms. The van der Waals surface area contributed by atoms with E-state index in [1.807, 2.05) is 0 Å². The van der Waals surface area contributed by atoms with E-state index in [9.17, 15) is 0 Å². The van der Waals surface area contributed by atoms with Gasteiger partial charge in [0.05, 0.1) is 0 Å². The minimum Gasteiger partial charge on any atom is -0.162 e. The standard InChI is InChI=1S/C7H14S/c1-7(2)3-5-8-6-4-7/h3-6H2,1-2H3. The molecule has 0 aromatic heterocycles. The normalized spacial score (nSPS) is 27.8. The maximum atomic E-state index is 2.37. The van der Waals surface area contributed by atoms with E-state index < -0.39 is 0 Å². The summed E-state index contributed by atoms with van der Waals surface area (Å²) in [5.41, 5.74) is 0.658. The van der Waals surface area contributed by atoms with Crippen molar-refractivity contribution in [2.45, 2.75) is 26.7 Å². The van der Waals surface area contributed by atoms with Crippen molar-refractivity contribution >= 4 is 11.8 Å². The van der Waals surface area contributed by atoms with Gasteiger partial charge in [0.2, 0.25) is 0 Å². The summed E-state index contributed by atoms with van der Waals surface area (Å²) in [5.74, 6) is 2.76. The first-order valence-corrected chi connectivity index (χ1v) is 4.44. The molecule has 0 aromatic carbocycles. The molecular weight excluding hydrogens is 116 g/mol. The van der Waals surface area contributed by atoms with Crippen LogP contribution in [0.1, 0.15) is 26.7 Å². The molecule has 0 atom stereocenters. The SMILES string of the molecule is CC1(C)CCSCC1. The molecule has 0 bridgehead atoms. The highest BCUT2D eigenvalue weighted by atomic mass is 32.2. The Hall–Kier alpha value is 0.350. The second kappa shape index (κ2) is 2.30. The van der Waals surface area contributed by atoms with Crippen molar-refractivity contribution in [3.05, 3.63) is 0 Å². The molecule has 0 aromatic rings. The van der Waals surface area contributed by atoms with E-state index in [0.717, 1.165) is 0 Å². The van der Waals surface area contributed by atoms with Crippen LogP contribution in [0.15, 0.2) is 0 Å². The monoisotopic (exact) mass is 130 g/mol. The van der Waals surface area contributed by atoms with E-state index in [0.29, 0.717) is 5.41 Å². The van der Waals surface area contributed by atoms with Crippen molar-refractivity contribution in [3.63, 3.8) is 0 Å². The zero-order valence-corrected chi connectivity index (χ0v) is 6.55. The molecule has 0 N–H and O–H groups in total. The molecule has 1 rings (SSSR count). The number of rotatable bonds is 0. The Morgan fingerprint density at radius 3 is 1.88 bits per heavy atom. The largest absolute Gasteiger partial charge is 0.162 e. The Balaban J connectivity index is 2.33. The van der Waals surface area contributed by atoms with Crippen molar-refractivity contribution in [1.29, 1.82) is 0 Å². The lowest BCUT2D eigenvalue weighted by atomic mass is 9.87. The van der Waals surface area contributed by atoms with Gasteiger partial charge in [-0.3, -0.25) is 0 Å². The van der Waals surface area contributed by atoms with Crippen LogP contribution in [0.4, 0.5) is 0 Å². The summed E-state index contributed by atoms with van der Waals surface area (Å²) in [5, 5.41) is 0. The minimum absolute atomic E-state index is 0.658. The summed E-state index contributed by atoms with van der Waals surface area (Å²) in [6, 6.07) is 0. The fraction of sp³-hybridized carbons (Fsp3) is 1.00. The highest BCUT2D eigenvalue weighted by Gasteiger charge is 2.20. The molecule has 1 aliphatic heterocycles. The molecule has 1 fully saturated rings. The fourth-order valence-electron chi connectivity index (χ4n) is 0.924. The van der Waals surface area contributed by atoms with E-state index >= 15 is 0 Å². The van der Waals surface area contributed by atoms with Crippen LogP contribution in [-0.4, -0.2) is 11.5 Å². The molecule has 0 unspecified atom stereocenters. The van der Waals surface area contributed by atoms with Gasteiger partial charge in [0, 0.05) is 0 Å². The van der Waals surface area contributed by atoms with Crippen LogP contribution in [0.3, 0.4) is 0 Å². The maximum Gasteiger partial charge on any atom is -0.00624 e. The lowest BCUT2D eigenvalue weighted by Crippen LogP contribution is -2.17. The highest BCUT2D eigenvalue weighted by molar-refractivity contribution is 7.99. The fourth-order valence-corrected chi connectivity index (χ4v) is 2.52.